The zero-order valence-electron chi connectivity index (χ0n) is 17.3. The maximum absolute atomic E-state index is 12.0. The van der Waals surface area contributed by atoms with Crippen LogP contribution < -0.4 is 16.2 Å². The lowest BCUT2D eigenvalue weighted by molar-refractivity contribution is -0.118. The van der Waals surface area contributed by atoms with Gasteiger partial charge < -0.3 is 15.2 Å². The molecule has 3 heterocycles. The number of nitrogens with zero attached hydrogens (tertiary/aromatic N) is 3. The molecule has 0 bridgehead atoms. The van der Waals surface area contributed by atoms with Crippen molar-refractivity contribution in [2.45, 2.75) is 58.3 Å². The van der Waals surface area contributed by atoms with E-state index in [1.165, 1.54) is 28.5 Å². The number of hydrogen-bond acceptors (Lipinski definition) is 7. The zero-order chi connectivity index (χ0) is 20.4. The molecule has 3 aliphatic heterocycles. The maximum Gasteiger partial charge on any atom is 0.230 e. The van der Waals surface area contributed by atoms with E-state index < -0.39 is 0 Å². The minimum atomic E-state index is 0.0644. The molecular formula is C21H30N6OS. The molecule has 3 unspecified atom stereocenters. The first-order chi connectivity index (χ1) is 14.1. The second kappa shape index (κ2) is 8.67. The normalized spacial score (nSPS) is 24.8. The summed E-state index contributed by atoms with van der Waals surface area (Å²) in [6.45, 7) is 7.18. The summed E-state index contributed by atoms with van der Waals surface area (Å²) < 4.78 is 0. The Labute approximate surface area is 176 Å². The van der Waals surface area contributed by atoms with Crippen LogP contribution in [0, 0.1) is 13.8 Å². The summed E-state index contributed by atoms with van der Waals surface area (Å²) in [7, 11) is 0. The predicted molar refractivity (Wildman–Crippen MR) is 118 cm³/mol. The molecule has 1 amide bonds. The molecule has 7 nitrogen and oxygen atoms in total. The van der Waals surface area contributed by atoms with Gasteiger partial charge in [0.25, 0.3) is 0 Å². The molecule has 0 aromatic heterocycles. The molecule has 4 rings (SSSR count). The number of aryl methyl sites for hydroxylation is 2. The van der Waals surface area contributed by atoms with Gasteiger partial charge in [0.15, 0.2) is 5.17 Å². The topological polar surface area (TPSA) is 72.0 Å². The number of hydrazone groups is 1. The molecule has 0 saturated carbocycles. The number of carbonyl (C=O) groups excluding carboxylic acids is 1. The van der Waals surface area contributed by atoms with Gasteiger partial charge in [0.05, 0.1) is 17.8 Å². The summed E-state index contributed by atoms with van der Waals surface area (Å²) in [6, 6.07) is 7.25. The van der Waals surface area contributed by atoms with Gasteiger partial charge >= 0.3 is 0 Å². The Kier molecular flexibility index (Phi) is 6.01. The van der Waals surface area contributed by atoms with E-state index in [0.29, 0.717) is 5.75 Å². The molecule has 0 spiro atoms. The number of hydrogen-bond donors (Lipinski definition) is 3. The van der Waals surface area contributed by atoms with Crippen molar-refractivity contribution >= 4 is 22.8 Å². The van der Waals surface area contributed by atoms with Crippen LogP contribution in [0.1, 0.15) is 48.9 Å². The van der Waals surface area contributed by atoms with Gasteiger partial charge in [-0.25, -0.2) is 5.43 Å². The summed E-state index contributed by atoms with van der Waals surface area (Å²) >= 11 is 1.48. The lowest BCUT2D eigenvalue weighted by Gasteiger charge is -2.36. The highest BCUT2D eigenvalue weighted by Gasteiger charge is 2.44. The smallest absolute Gasteiger partial charge is 0.230 e. The molecular weight excluding hydrogens is 384 g/mol. The van der Waals surface area contributed by atoms with Crippen molar-refractivity contribution in [2.75, 3.05) is 12.3 Å². The minimum Gasteiger partial charge on any atom is -0.355 e. The summed E-state index contributed by atoms with van der Waals surface area (Å²) in [5.74, 6) is 0.452. The molecule has 1 fully saturated rings. The van der Waals surface area contributed by atoms with Crippen molar-refractivity contribution in [1.29, 1.82) is 0 Å². The van der Waals surface area contributed by atoms with Gasteiger partial charge in [0, 0.05) is 18.9 Å². The molecule has 3 atom stereocenters. The Bertz CT molecular complexity index is 825. The molecule has 1 saturated heterocycles. The van der Waals surface area contributed by atoms with E-state index in [0.717, 1.165) is 31.0 Å². The second-order valence-corrected chi connectivity index (χ2v) is 8.84. The van der Waals surface area contributed by atoms with Gasteiger partial charge in [0.1, 0.15) is 6.17 Å². The summed E-state index contributed by atoms with van der Waals surface area (Å²) in [6.07, 6.45) is 7.28. The SMILES string of the molecule is CCCCNC(=O)CSC1=NNC2C3CC(c4ccc(C)c(C)c4)NN3C=CN12. The third-order valence-electron chi connectivity index (χ3n) is 5.82. The zero-order valence-corrected chi connectivity index (χ0v) is 18.1. The number of carbonyl (C=O) groups is 1. The van der Waals surface area contributed by atoms with E-state index in [2.05, 4.69) is 76.3 Å². The van der Waals surface area contributed by atoms with E-state index in [1.54, 1.807) is 0 Å². The van der Waals surface area contributed by atoms with Crippen LogP contribution in [0.5, 0.6) is 0 Å². The highest BCUT2D eigenvalue weighted by atomic mass is 32.2. The number of rotatable bonds is 6. The van der Waals surface area contributed by atoms with Gasteiger partial charge in [-0.1, -0.05) is 43.3 Å². The molecule has 0 radical (unpaired) electrons. The summed E-state index contributed by atoms with van der Waals surface area (Å²) in [5, 5.41) is 10.5. The van der Waals surface area contributed by atoms with E-state index in [9.17, 15) is 4.79 Å². The van der Waals surface area contributed by atoms with E-state index in [4.69, 9.17) is 0 Å². The number of benzene rings is 1. The third kappa shape index (κ3) is 4.23. The van der Waals surface area contributed by atoms with Crippen LogP contribution in [0.15, 0.2) is 35.7 Å². The predicted octanol–water partition coefficient (Wildman–Crippen LogP) is 2.56. The molecule has 156 valence electrons. The fourth-order valence-electron chi connectivity index (χ4n) is 3.93. The van der Waals surface area contributed by atoms with Crippen molar-refractivity contribution in [3.8, 4) is 0 Å². The van der Waals surface area contributed by atoms with Crippen LogP contribution >= 0.6 is 11.8 Å². The average Bonchev–Trinajstić information content (AvgIpc) is 3.32. The number of amides is 1. The van der Waals surface area contributed by atoms with E-state index >= 15 is 0 Å². The van der Waals surface area contributed by atoms with E-state index in [1.807, 2.05) is 6.20 Å². The molecule has 8 heteroatoms. The lowest BCUT2D eigenvalue weighted by Crippen LogP contribution is -2.54. The Morgan fingerprint density at radius 3 is 2.97 bits per heavy atom. The van der Waals surface area contributed by atoms with Gasteiger partial charge in [-0.2, -0.15) is 5.10 Å². The number of nitrogens with one attached hydrogen (secondary N) is 3. The van der Waals surface area contributed by atoms with Crippen LogP contribution in [-0.2, 0) is 4.79 Å². The monoisotopic (exact) mass is 414 g/mol. The van der Waals surface area contributed by atoms with Crippen LogP contribution in [0.2, 0.25) is 0 Å². The van der Waals surface area contributed by atoms with Crippen LogP contribution in [0.3, 0.4) is 0 Å². The highest BCUT2D eigenvalue weighted by Crippen LogP contribution is 2.35. The van der Waals surface area contributed by atoms with Crippen molar-refractivity contribution < 1.29 is 4.79 Å². The number of hydrazine groups is 1. The molecule has 3 N–H and O–H groups in total. The van der Waals surface area contributed by atoms with Crippen molar-refractivity contribution in [3.05, 3.63) is 47.3 Å². The highest BCUT2D eigenvalue weighted by molar-refractivity contribution is 8.14. The first-order valence-corrected chi connectivity index (χ1v) is 11.4. The Morgan fingerprint density at radius 2 is 2.17 bits per heavy atom. The molecule has 0 aliphatic carbocycles. The summed E-state index contributed by atoms with van der Waals surface area (Å²) in [5.41, 5.74) is 10.9. The first kappa shape index (κ1) is 20.1. The fourth-order valence-corrected chi connectivity index (χ4v) is 4.74. The second-order valence-electron chi connectivity index (χ2n) is 7.90. The molecule has 1 aromatic carbocycles. The largest absolute Gasteiger partial charge is 0.355 e. The van der Waals surface area contributed by atoms with E-state index in [-0.39, 0.29) is 24.2 Å². The molecule has 1 aromatic rings. The minimum absolute atomic E-state index is 0.0644. The molecule has 29 heavy (non-hydrogen) atoms. The summed E-state index contributed by atoms with van der Waals surface area (Å²) in [4.78, 5) is 14.2. The van der Waals surface area contributed by atoms with Crippen molar-refractivity contribution in [1.82, 2.24) is 26.1 Å². The third-order valence-corrected chi connectivity index (χ3v) is 6.79. The molecule has 3 aliphatic rings. The fraction of sp³-hybridized carbons (Fsp3) is 0.524. The van der Waals surface area contributed by atoms with Crippen LogP contribution in [0.25, 0.3) is 0 Å². The van der Waals surface area contributed by atoms with Gasteiger partial charge in [-0.05, 0) is 43.4 Å². The first-order valence-electron chi connectivity index (χ1n) is 10.4. The van der Waals surface area contributed by atoms with Crippen molar-refractivity contribution in [3.63, 3.8) is 0 Å². The quantitative estimate of drug-likeness (QED) is 0.622. The van der Waals surface area contributed by atoms with Gasteiger partial charge in [-0.15, -0.1) is 0 Å². The van der Waals surface area contributed by atoms with Gasteiger partial charge in [-0.3, -0.25) is 10.2 Å². The Morgan fingerprint density at radius 1 is 1.31 bits per heavy atom. The van der Waals surface area contributed by atoms with Crippen LogP contribution in [-0.4, -0.2) is 45.5 Å². The number of fused-ring (bicyclic) bond motifs is 3. The standard InChI is InChI=1S/C21H30N6OS/c1-4-5-8-22-19(28)13-29-21-24-23-20-18-12-17(25-27(18)10-9-26(20)21)16-7-6-14(2)15(3)11-16/h6-7,9-11,17-18,20,23,25H,4-5,8,12-13H2,1-3H3,(H,22,28). The number of amidine groups is 1. The van der Waals surface area contributed by atoms with Gasteiger partial charge in [0.2, 0.25) is 5.91 Å². The number of thioether (sulfide) groups is 1. The average molecular weight is 415 g/mol. The van der Waals surface area contributed by atoms with Crippen LogP contribution in [0.4, 0.5) is 0 Å². The van der Waals surface area contributed by atoms with Crippen molar-refractivity contribution in [2.24, 2.45) is 5.10 Å². The lowest BCUT2D eigenvalue weighted by atomic mass is 9.97. The Hall–Kier alpha value is -2.19. The Balaban J connectivity index is 1.35. The number of unbranched alkanes of at least 4 members (excludes halogenated alkanes) is 1. The maximum atomic E-state index is 12.0.